The van der Waals surface area contributed by atoms with Crippen molar-refractivity contribution in [2.24, 2.45) is 5.41 Å². The zero-order chi connectivity index (χ0) is 9.41. The molecule has 0 saturated carbocycles. The Kier molecular flexibility index (Phi) is 2.30. The van der Waals surface area contributed by atoms with E-state index in [-0.39, 0.29) is 11.0 Å². The summed E-state index contributed by atoms with van der Waals surface area (Å²) in [5.74, 6) is 0.395. The molecular weight excluding hydrogens is 150 g/mol. The third kappa shape index (κ3) is 1.69. The van der Waals surface area contributed by atoms with Crippen molar-refractivity contribution >= 4 is 5.78 Å². The van der Waals surface area contributed by atoms with Crippen molar-refractivity contribution in [3.8, 4) is 0 Å². The van der Waals surface area contributed by atoms with Crippen molar-refractivity contribution in [3.63, 3.8) is 0 Å². The molecule has 0 spiro atoms. The summed E-state index contributed by atoms with van der Waals surface area (Å²) >= 11 is 0. The summed E-state index contributed by atoms with van der Waals surface area (Å²) in [6.45, 7) is 9.52. The standard InChI is InChI=1S/C10H19NO/c1-9(2,3)10(4)7-8(12)5-6-11-10/h11H,5-7H2,1-4H3. The molecule has 0 aromatic heterocycles. The van der Waals surface area contributed by atoms with Gasteiger partial charge in [-0.25, -0.2) is 0 Å². The Labute approximate surface area is 74.7 Å². The molecule has 1 rings (SSSR count). The lowest BCUT2D eigenvalue weighted by Gasteiger charge is -2.45. The Bertz CT molecular complexity index is 193. The van der Waals surface area contributed by atoms with Crippen LogP contribution in [-0.4, -0.2) is 17.9 Å². The van der Waals surface area contributed by atoms with Crippen molar-refractivity contribution in [2.75, 3.05) is 6.54 Å². The van der Waals surface area contributed by atoms with Crippen LogP contribution in [0.15, 0.2) is 0 Å². The van der Waals surface area contributed by atoms with E-state index < -0.39 is 0 Å². The summed E-state index contributed by atoms with van der Waals surface area (Å²) in [6.07, 6.45) is 1.38. The van der Waals surface area contributed by atoms with Gasteiger partial charge in [-0.05, 0) is 12.3 Å². The topological polar surface area (TPSA) is 29.1 Å². The molecule has 70 valence electrons. The van der Waals surface area contributed by atoms with Gasteiger partial charge in [0.2, 0.25) is 0 Å². The molecule has 0 aromatic carbocycles. The summed E-state index contributed by atoms with van der Waals surface area (Å²) in [6, 6.07) is 0. The normalized spacial score (nSPS) is 32.2. The number of rotatable bonds is 0. The van der Waals surface area contributed by atoms with E-state index in [1.807, 2.05) is 0 Å². The van der Waals surface area contributed by atoms with Crippen molar-refractivity contribution < 1.29 is 4.79 Å². The number of hydrogen-bond donors (Lipinski definition) is 1. The molecule has 0 aliphatic carbocycles. The zero-order valence-corrected chi connectivity index (χ0v) is 8.53. The molecule has 12 heavy (non-hydrogen) atoms. The summed E-state index contributed by atoms with van der Waals surface area (Å²) < 4.78 is 0. The lowest BCUT2D eigenvalue weighted by atomic mass is 9.70. The van der Waals surface area contributed by atoms with E-state index in [0.717, 1.165) is 6.54 Å². The first-order chi connectivity index (χ1) is 5.35. The van der Waals surface area contributed by atoms with Crippen LogP contribution in [0.3, 0.4) is 0 Å². The predicted molar refractivity (Wildman–Crippen MR) is 50.1 cm³/mol. The second kappa shape index (κ2) is 2.84. The van der Waals surface area contributed by atoms with Crippen LogP contribution in [0.25, 0.3) is 0 Å². The van der Waals surface area contributed by atoms with Crippen molar-refractivity contribution in [2.45, 2.75) is 46.1 Å². The maximum atomic E-state index is 11.3. The molecule has 1 heterocycles. The lowest BCUT2D eigenvalue weighted by Crippen LogP contribution is -2.57. The second-order valence-electron chi connectivity index (χ2n) is 4.97. The first-order valence-corrected chi connectivity index (χ1v) is 4.62. The number of carbonyl (C=O) groups excluding carboxylic acids is 1. The molecule has 1 aliphatic heterocycles. The molecule has 0 bridgehead atoms. The first-order valence-electron chi connectivity index (χ1n) is 4.62. The highest BCUT2D eigenvalue weighted by Crippen LogP contribution is 2.34. The van der Waals surface area contributed by atoms with Gasteiger partial charge < -0.3 is 5.32 Å². The van der Waals surface area contributed by atoms with E-state index in [1.165, 1.54) is 0 Å². The minimum atomic E-state index is -0.0116. The fourth-order valence-electron chi connectivity index (χ4n) is 1.55. The van der Waals surface area contributed by atoms with Gasteiger partial charge in [0.15, 0.2) is 0 Å². The highest BCUT2D eigenvalue weighted by Gasteiger charge is 2.40. The number of Topliss-reactive ketones (excluding diaryl/α,β-unsaturated/α-hetero) is 1. The van der Waals surface area contributed by atoms with E-state index in [0.29, 0.717) is 18.6 Å². The average Bonchev–Trinajstić information content (AvgIpc) is 1.83. The molecule has 1 saturated heterocycles. The predicted octanol–water partition coefficient (Wildman–Crippen LogP) is 1.74. The smallest absolute Gasteiger partial charge is 0.136 e. The van der Waals surface area contributed by atoms with Crippen molar-refractivity contribution in [1.29, 1.82) is 0 Å². The van der Waals surface area contributed by atoms with E-state index in [1.54, 1.807) is 0 Å². The van der Waals surface area contributed by atoms with E-state index in [4.69, 9.17) is 0 Å². The third-order valence-electron chi connectivity index (χ3n) is 3.13. The monoisotopic (exact) mass is 169 g/mol. The van der Waals surface area contributed by atoms with Gasteiger partial charge in [0.1, 0.15) is 5.78 Å². The largest absolute Gasteiger partial charge is 0.310 e. The Morgan fingerprint density at radius 1 is 1.42 bits per heavy atom. The van der Waals surface area contributed by atoms with Gasteiger partial charge in [-0.2, -0.15) is 0 Å². The number of hydrogen-bond acceptors (Lipinski definition) is 2. The zero-order valence-electron chi connectivity index (χ0n) is 8.53. The average molecular weight is 169 g/mol. The van der Waals surface area contributed by atoms with E-state index in [2.05, 4.69) is 33.0 Å². The van der Waals surface area contributed by atoms with Crippen LogP contribution in [0.2, 0.25) is 0 Å². The molecular formula is C10H19NO. The molecule has 0 radical (unpaired) electrons. The van der Waals surface area contributed by atoms with Gasteiger partial charge in [0, 0.05) is 24.9 Å². The van der Waals surface area contributed by atoms with Crippen molar-refractivity contribution in [1.82, 2.24) is 5.32 Å². The molecule has 1 atom stereocenters. The fraction of sp³-hybridized carbons (Fsp3) is 0.900. The highest BCUT2D eigenvalue weighted by molar-refractivity contribution is 5.80. The maximum Gasteiger partial charge on any atom is 0.136 e. The maximum absolute atomic E-state index is 11.3. The summed E-state index contributed by atoms with van der Waals surface area (Å²) in [4.78, 5) is 11.3. The van der Waals surface area contributed by atoms with Crippen LogP contribution >= 0.6 is 0 Å². The van der Waals surface area contributed by atoms with E-state index >= 15 is 0 Å². The van der Waals surface area contributed by atoms with Gasteiger partial charge in [0.05, 0.1) is 0 Å². The Hall–Kier alpha value is -0.370. The van der Waals surface area contributed by atoms with Gasteiger partial charge in [0.25, 0.3) is 0 Å². The van der Waals surface area contributed by atoms with Gasteiger partial charge in [-0.3, -0.25) is 4.79 Å². The number of carbonyl (C=O) groups is 1. The molecule has 0 amide bonds. The Morgan fingerprint density at radius 3 is 2.33 bits per heavy atom. The van der Waals surface area contributed by atoms with Crippen LogP contribution < -0.4 is 5.32 Å². The van der Waals surface area contributed by atoms with Gasteiger partial charge in [-0.1, -0.05) is 20.8 Å². The fourth-order valence-corrected chi connectivity index (χ4v) is 1.55. The Morgan fingerprint density at radius 2 is 2.00 bits per heavy atom. The number of ketones is 1. The molecule has 1 unspecified atom stereocenters. The summed E-state index contributed by atoms with van der Waals surface area (Å²) in [5, 5.41) is 3.44. The summed E-state index contributed by atoms with van der Waals surface area (Å²) in [7, 11) is 0. The quantitative estimate of drug-likeness (QED) is 0.598. The molecule has 1 aliphatic rings. The highest BCUT2D eigenvalue weighted by atomic mass is 16.1. The number of piperidine rings is 1. The van der Waals surface area contributed by atoms with Crippen LogP contribution in [0, 0.1) is 5.41 Å². The Balaban J connectivity index is 2.77. The SMILES string of the molecule is CC(C)(C)C1(C)CC(=O)CCN1. The minimum absolute atomic E-state index is 0.0116. The number of nitrogens with one attached hydrogen (secondary N) is 1. The van der Waals surface area contributed by atoms with Crippen LogP contribution in [0.4, 0.5) is 0 Å². The van der Waals surface area contributed by atoms with Crippen LogP contribution in [-0.2, 0) is 4.79 Å². The van der Waals surface area contributed by atoms with Gasteiger partial charge >= 0.3 is 0 Å². The van der Waals surface area contributed by atoms with Crippen molar-refractivity contribution in [3.05, 3.63) is 0 Å². The molecule has 1 N–H and O–H groups in total. The summed E-state index contributed by atoms with van der Waals surface area (Å²) in [5.41, 5.74) is 0.144. The van der Waals surface area contributed by atoms with E-state index in [9.17, 15) is 4.79 Å². The molecule has 2 nitrogen and oxygen atoms in total. The molecule has 2 heteroatoms. The molecule has 0 aromatic rings. The van der Waals surface area contributed by atoms with Crippen LogP contribution in [0.5, 0.6) is 0 Å². The van der Waals surface area contributed by atoms with Gasteiger partial charge in [-0.15, -0.1) is 0 Å². The minimum Gasteiger partial charge on any atom is -0.310 e. The second-order valence-corrected chi connectivity index (χ2v) is 4.97. The first kappa shape index (κ1) is 9.72. The molecule has 1 fully saturated rings. The third-order valence-corrected chi connectivity index (χ3v) is 3.13. The lowest BCUT2D eigenvalue weighted by molar-refractivity contribution is -0.123. The van der Waals surface area contributed by atoms with Crippen LogP contribution in [0.1, 0.15) is 40.5 Å².